The first-order valence-corrected chi connectivity index (χ1v) is 10.9. The van der Waals surface area contributed by atoms with Gasteiger partial charge in [-0.1, -0.05) is 47.0 Å². The average molecular weight is 401 g/mol. The van der Waals surface area contributed by atoms with E-state index in [9.17, 15) is 14.7 Å². The number of carbonyl (C=O) groups is 2. The SMILES string of the molecule is CCCCCN(CC(O)[C@H](CC(C)C)NC(=O)OC(C)(C)C)C(=O)CCCC. The lowest BCUT2D eigenvalue weighted by Crippen LogP contribution is -2.51. The fourth-order valence-electron chi connectivity index (χ4n) is 2.99. The third kappa shape index (κ3) is 13.0. The predicted octanol–water partition coefficient (Wildman–Crippen LogP) is 4.50. The van der Waals surface area contributed by atoms with Gasteiger partial charge in [0.15, 0.2) is 0 Å². The summed E-state index contributed by atoms with van der Waals surface area (Å²) >= 11 is 0. The normalized spacial score (nSPS) is 13.9. The third-order valence-corrected chi connectivity index (χ3v) is 4.43. The Hall–Kier alpha value is -1.30. The van der Waals surface area contributed by atoms with Crippen LogP contribution in [-0.2, 0) is 9.53 Å². The molecular weight excluding hydrogens is 356 g/mol. The summed E-state index contributed by atoms with van der Waals surface area (Å²) in [5.74, 6) is 0.372. The number of hydrogen-bond acceptors (Lipinski definition) is 4. The summed E-state index contributed by atoms with van der Waals surface area (Å²) in [4.78, 5) is 26.6. The minimum Gasteiger partial charge on any atom is -0.444 e. The molecule has 0 bridgehead atoms. The summed E-state index contributed by atoms with van der Waals surface area (Å²) in [6, 6.07) is -0.456. The van der Waals surface area contributed by atoms with Crippen molar-refractivity contribution in [3.05, 3.63) is 0 Å². The highest BCUT2D eigenvalue weighted by molar-refractivity contribution is 5.76. The van der Waals surface area contributed by atoms with Crippen molar-refractivity contribution in [2.75, 3.05) is 13.1 Å². The lowest BCUT2D eigenvalue weighted by molar-refractivity contribution is -0.133. The molecule has 0 heterocycles. The molecule has 0 aromatic heterocycles. The zero-order chi connectivity index (χ0) is 21.7. The van der Waals surface area contributed by atoms with E-state index in [1.807, 2.05) is 34.6 Å². The van der Waals surface area contributed by atoms with Gasteiger partial charge in [0.25, 0.3) is 0 Å². The van der Waals surface area contributed by atoms with Crippen molar-refractivity contribution in [1.29, 1.82) is 0 Å². The van der Waals surface area contributed by atoms with Crippen LogP contribution in [0.15, 0.2) is 0 Å². The molecule has 2 amide bonds. The van der Waals surface area contributed by atoms with Gasteiger partial charge in [-0.2, -0.15) is 0 Å². The van der Waals surface area contributed by atoms with Crippen LogP contribution in [0.25, 0.3) is 0 Å². The van der Waals surface area contributed by atoms with Crippen molar-refractivity contribution >= 4 is 12.0 Å². The number of carbonyl (C=O) groups excluding carboxylic acids is 2. The zero-order valence-corrected chi connectivity index (χ0v) is 19.2. The molecule has 2 atom stereocenters. The van der Waals surface area contributed by atoms with Crippen molar-refractivity contribution < 1.29 is 19.4 Å². The van der Waals surface area contributed by atoms with Gasteiger partial charge in [-0.3, -0.25) is 4.79 Å². The molecule has 0 radical (unpaired) electrons. The molecule has 28 heavy (non-hydrogen) atoms. The first kappa shape index (κ1) is 26.7. The number of nitrogens with one attached hydrogen (secondary N) is 1. The molecule has 0 saturated carbocycles. The molecule has 6 nitrogen and oxygen atoms in total. The highest BCUT2D eigenvalue weighted by Crippen LogP contribution is 2.14. The van der Waals surface area contributed by atoms with Gasteiger partial charge in [-0.05, 0) is 46.0 Å². The van der Waals surface area contributed by atoms with E-state index in [1.54, 1.807) is 4.90 Å². The number of unbranched alkanes of at least 4 members (excludes halogenated alkanes) is 3. The average Bonchev–Trinajstić information content (AvgIpc) is 2.56. The second-order valence-corrected chi connectivity index (χ2v) is 9.10. The van der Waals surface area contributed by atoms with Crippen LogP contribution in [0.1, 0.15) is 93.4 Å². The summed E-state index contributed by atoms with van der Waals surface area (Å²) in [6.45, 7) is 14.6. The number of nitrogens with zero attached hydrogens (tertiary/aromatic N) is 1. The van der Waals surface area contributed by atoms with Gasteiger partial charge >= 0.3 is 6.09 Å². The number of aliphatic hydroxyl groups is 1. The number of alkyl carbamates (subject to hydrolysis) is 1. The Balaban J connectivity index is 5.07. The van der Waals surface area contributed by atoms with Crippen molar-refractivity contribution in [1.82, 2.24) is 10.2 Å². The molecule has 1 unspecified atom stereocenters. The quantitative estimate of drug-likeness (QED) is 0.446. The van der Waals surface area contributed by atoms with Crippen molar-refractivity contribution in [3.8, 4) is 0 Å². The Bertz CT molecular complexity index is 446. The van der Waals surface area contributed by atoms with Crippen molar-refractivity contribution in [2.24, 2.45) is 5.92 Å². The molecule has 0 aromatic rings. The van der Waals surface area contributed by atoms with Crippen LogP contribution in [0.5, 0.6) is 0 Å². The number of hydrogen-bond donors (Lipinski definition) is 2. The highest BCUT2D eigenvalue weighted by Gasteiger charge is 2.28. The van der Waals surface area contributed by atoms with Crippen LogP contribution < -0.4 is 5.32 Å². The Kier molecular flexibility index (Phi) is 13.2. The molecule has 0 aliphatic carbocycles. The van der Waals surface area contributed by atoms with E-state index in [0.29, 0.717) is 25.3 Å². The van der Waals surface area contributed by atoms with Crippen LogP contribution in [0, 0.1) is 5.92 Å². The van der Waals surface area contributed by atoms with Gasteiger partial charge in [0.05, 0.1) is 12.1 Å². The maximum Gasteiger partial charge on any atom is 0.407 e. The fraction of sp³-hybridized carbons (Fsp3) is 0.909. The minimum atomic E-state index is -0.831. The summed E-state index contributed by atoms with van der Waals surface area (Å²) < 4.78 is 5.34. The summed E-state index contributed by atoms with van der Waals surface area (Å²) in [5.41, 5.74) is -0.597. The van der Waals surface area contributed by atoms with E-state index in [0.717, 1.165) is 32.1 Å². The molecule has 0 aliphatic rings. The molecule has 0 spiro atoms. The Morgan fingerprint density at radius 1 is 1.07 bits per heavy atom. The first-order chi connectivity index (χ1) is 13.0. The lowest BCUT2D eigenvalue weighted by atomic mass is 9.98. The van der Waals surface area contributed by atoms with Crippen molar-refractivity contribution in [2.45, 2.75) is 111 Å². The Morgan fingerprint density at radius 3 is 2.18 bits per heavy atom. The van der Waals surface area contributed by atoms with E-state index < -0.39 is 23.8 Å². The third-order valence-electron chi connectivity index (χ3n) is 4.43. The monoisotopic (exact) mass is 400 g/mol. The largest absolute Gasteiger partial charge is 0.444 e. The van der Waals surface area contributed by atoms with E-state index in [2.05, 4.69) is 19.2 Å². The molecule has 166 valence electrons. The van der Waals surface area contributed by atoms with E-state index in [1.165, 1.54) is 0 Å². The number of amides is 2. The van der Waals surface area contributed by atoms with E-state index >= 15 is 0 Å². The molecule has 0 aliphatic heterocycles. The van der Waals surface area contributed by atoms with E-state index in [4.69, 9.17) is 4.74 Å². The number of aliphatic hydroxyl groups excluding tert-OH is 1. The second kappa shape index (κ2) is 13.8. The topological polar surface area (TPSA) is 78.9 Å². The molecule has 0 saturated heterocycles. The Morgan fingerprint density at radius 2 is 1.68 bits per heavy atom. The maximum atomic E-state index is 12.6. The summed E-state index contributed by atoms with van der Waals surface area (Å²) in [7, 11) is 0. The van der Waals surface area contributed by atoms with Crippen molar-refractivity contribution in [3.63, 3.8) is 0 Å². The molecule has 0 rings (SSSR count). The van der Waals surface area contributed by atoms with Gasteiger partial charge < -0.3 is 20.1 Å². The van der Waals surface area contributed by atoms with Gasteiger partial charge in [-0.15, -0.1) is 0 Å². The van der Waals surface area contributed by atoms with Gasteiger partial charge in [-0.25, -0.2) is 4.79 Å². The molecule has 0 fully saturated rings. The lowest BCUT2D eigenvalue weighted by Gasteiger charge is -2.32. The van der Waals surface area contributed by atoms with E-state index in [-0.39, 0.29) is 12.5 Å². The van der Waals surface area contributed by atoms with Gasteiger partial charge in [0.1, 0.15) is 5.60 Å². The highest BCUT2D eigenvalue weighted by atomic mass is 16.6. The second-order valence-electron chi connectivity index (χ2n) is 9.10. The van der Waals surface area contributed by atoms with Crippen LogP contribution in [0.3, 0.4) is 0 Å². The molecule has 0 aromatic carbocycles. The predicted molar refractivity (Wildman–Crippen MR) is 114 cm³/mol. The van der Waals surface area contributed by atoms with Gasteiger partial charge in [0.2, 0.25) is 5.91 Å². The summed E-state index contributed by atoms with van der Waals surface area (Å²) in [6.07, 6.45) is 4.63. The Labute approximate surface area is 172 Å². The maximum absolute atomic E-state index is 12.6. The van der Waals surface area contributed by atoms with Crippen LogP contribution in [0.2, 0.25) is 0 Å². The number of ether oxygens (including phenoxy) is 1. The fourth-order valence-corrected chi connectivity index (χ4v) is 2.99. The molecule has 6 heteroatoms. The van der Waals surface area contributed by atoms with Crippen LogP contribution in [-0.4, -0.2) is 52.8 Å². The van der Waals surface area contributed by atoms with Gasteiger partial charge in [0, 0.05) is 19.5 Å². The smallest absolute Gasteiger partial charge is 0.407 e. The summed E-state index contributed by atoms with van der Waals surface area (Å²) in [5, 5.41) is 13.7. The standard InChI is InChI=1S/C22H44N2O4/c1-8-10-12-14-24(20(26)13-11-9-2)16-19(25)18(15-17(3)4)23-21(27)28-22(5,6)7/h17-19,25H,8-16H2,1-7H3,(H,23,27)/t18-,19?/m0/s1. The minimum absolute atomic E-state index is 0.0811. The molecule has 2 N–H and O–H groups in total. The first-order valence-electron chi connectivity index (χ1n) is 10.9. The van der Waals surface area contributed by atoms with Crippen LogP contribution in [0.4, 0.5) is 4.79 Å². The zero-order valence-electron chi connectivity index (χ0n) is 19.2. The van der Waals surface area contributed by atoms with Crippen LogP contribution >= 0.6 is 0 Å². The molecular formula is C22H44N2O4. The number of rotatable bonds is 13.